The number of esters is 1. The summed E-state index contributed by atoms with van der Waals surface area (Å²) in [5, 5.41) is 0. The predicted octanol–water partition coefficient (Wildman–Crippen LogP) is 2.76. The van der Waals surface area contributed by atoms with Crippen LogP contribution in [0.1, 0.15) is 16.8 Å². The summed E-state index contributed by atoms with van der Waals surface area (Å²) in [6.45, 7) is 0. The molecule has 2 bridgehead atoms. The fourth-order valence-electron chi connectivity index (χ4n) is 4.47. The van der Waals surface area contributed by atoms with Crippen molar-refractivity contribution < 1.29 is 19.1 Å². The lowest BCUT2D eigenvalue weighted by Gasteiger charge is -2.28. The second kappa shape index (κ2) is 5.66. The van der Waals surface area contributed by atoms with Crippen molar-refractivity contribution in [1.29, 1.82) is 0 Å². The molecular formula is C17H15Br2NO4. The molecule has 2 amide bonds. The minimum atomic E-state index is -0.445. The lowest BCUT2D eigenvalue weighted by atomic mass is 9.81. The summed E-state index contributed by atoms with van der Waals surface area (Å²) in [6.07, 6.45) is 0.910. The first kappa shape index (κ1) is 16.3. The van der Waals surface area contributed by atoms with Crippen LogP contribution in [-0.2, 0) is 14.3 Å². The summed E-state index contributed by atoms with van der Waals surface area (Å²) < 4.78 is 4.67. The summed E-state index contributed by atoms with van der Waals surface area (Å²) >= 11 is 7.35. The SMILES string of the molecule is COC(=O)c1ccc(N2C(=O)[C@H]3[C@@H]4C[C@@H]([C@H](Br)[C@@H]4Br)[C@@H]3C2=O)cc1. The maximum Gasteiger partial charge on any atom is 0.337 e. The zero-order valence-electron chi connectivity index (χ0n) is 12.8. The number of halogens is 2. The first-order valence-corrected chi connectivity index (χ1v) is 9.63. The topological polar surface area (TPSA) is 63.7 Å². The second-order valence-corrected chi connectivity index (χ2v) is 8.67. The summed E-state index contributed by atoms with van der Waals surface area (Å²) in [7, 11) is 1.31. The largest absolute Gasteiger partial charge is 0.465 e. The molecular weight excluding hydrogens is 442 g/mol. The Hall–Kier alpha value is -1.21. The smallest absolute Gasteiger partial charge is 0.337 e. The maximum atomic E-state index is 12.9. The quantitative estimate of drug-likeness (QED) is 0.390. The van der Waals surface area contributed by atoms with Crippen LogP contribution in [0, 0.1) is 23.7 Å². The van der Waals surface area contributed by atoms with Gasteiger partial charge in [0.25, 0.3) is 0 Å². The maximum absolute atomic E-state index is 12.9. The Balaban J connectivity index is 1.65. The van der Waals surface area contributed by atoms with Gasteiger partial charge < -0.3 is 4.74 Å². The zero-order chi connectivity index (χ0) is 17.2. The van der Waals surface area contributed by atoms with E-state index in [2.05, 4.69) is 36.6 Å². The van der Waals surface area contributed by atoms with Gasteiger partial charge >= 0.3 is 5.97 Å². The number of ether oxygens (including phenoxy) is 1. The minimum Gasteiger partial charge on any atom is -0.465 e. The predicted molar refractivity (Wildman–Crippen MR) is 94.3 cm³/mol. The van der Waals surface area contributed by atoms with E-state index in [9.17, 15) is 14.4 Å². The number of nitrogens with zero attached hydrogens (tertiary/aromatic N) is 1. The van der Waals surface area contributed by atoms with E-state index in [0.717, 1.165) is 6.42 Å². The number of benzene rings is 1. The fourth-order valence-corrected chi connectivity index (χ4v) is 6.34. The average molecular weight is 457 g/mol. The molecule has 2 saturated carbocycles. The molecule has 24 heavy (non-hydrogen) atoms. The van der Waals surface area contributed by atoms with Crippen LogP contribution in [0.5, 0.6) is 0 Å². The number of alkyl halides is 2. The number of rotatable bonds is 2. The molecule has 0 unspecified atom stereocenters. The molecule has 4 rings (SSSR count). The van der Waals surface area contributed by atoms with Crippen molar-refractivity contribution >= 4 is 55.3 Å². The van der Waals surface area contributed by atoms with E-state index in [-0.39, 0.29) is 45.1 Å². The molecule has 0 aromatic heterocycles. The Morgan fingerprint density at radius 2 is 1.54 bits per heavy atom. The van der Waals surface area contributed by atoms with Gasteiger partial charge in [-0.1, -0.05) is 31.9 Å². The number of methoxy groups -OCH3 is 1. The Bertz CT molecular complexity index is 703. The van der Waals surface area contributed by atoms with E-state index in [1.165, 1.54) is 12.0 Å². The van der Waals surface area contributed by atoms with Gasteiger partial charge in [0.1, 0.15) is 0 Å². The third-order valence-electron chi connectivity index (χ3n) is 5.53. The van der Waals surface area contributed by atoms with E-state index in [0.29, 0.717) is 11.3 Å². The lowest BCUT2D eigenvalue weighted by molar-refractivity contribution is -0.123. The highest BCUT2D eigenvalue weighted by molar-refractivity contribution is 9.12. The highest BCUT2D eigenvalue weighted by Crippen LogP contribution is 2.60. The van der Waals surface area contributed by atoms with Crippen LogP contribution < -0.4 is 4.90 Å². The number of carbonyl (C=O) groups excluding carboxylic acids is 3. The van der Waals surface area contributed by atoms with Gasteiger partial charge in [0.15, 0.2) is 0 Å². The minimum absolute atomic E-state index is 0.118. The number of imide groups is 1. The fraction of sp³-hybridized carbons (Fsp3) is 0.471. The van der Waals surface area contributed by atoms with E-state index < -0.39 is 5.97 Å². The Morgan fingerprint density at radius 1 is 1.04 bits per heavy atom. The molecule has 0 N–H and O–H groups in total. The number of amides is 2. The van der Waals surface area contributed by atoms with E-state index >= 15 is 0 Å². The summed E-state index contributed by atoms with van der Waals surface area (Å²) in [4.78, 5) is 39.0. The van der Waals surface area contributed by atoms with Crippen molar-refractivity contribution in [3.8, 4) is 0 Å². The average Bonchev–Trinajstić information content (AvgIpc) is 3.19. The highest BCUT2D eigenvalue weighted by Gasteiger charge is 2.66. The van der Waals surface area contributed by atoms with Crippen LogP contribution >= 0.6 is 31.9 Å². The standard InChI is InChI=1S/C17H15Br2NO4/c1-24-17(23)7-2-4-8(5-3-7)20-15(21)11-9-6-10(12(11)16(20)22)14(19)13(9)18/h2-5,9-14H,6H2,1H3/t9-,10+,11-,12-,13+,14-/m0/s1. The van der Waals surface area contributed by atoms with Gasteiger partial charge in [-0.3, -0.25) is 14.5 Å². The number of anilines is 1. The zero-order valence-corrected chi connectivity index (χ0v) is 16.0. The Kier molecular flexibility index (Phi) is 3.84. The molecule has 0 spiro atoms. The van der Waals surface area contributed by atoms with Gasteiger partial charge in [0.2, 0.25) is 11.8 Å². The van der Waals surface area contributed by atoms with Crippen LogP contribution in [0.15, 0.2) is 24.3 Å². The third kappa shape index (κ3) is 2.07. The molecule has 1 heterocycles. The van der Waals surface area contributed by atoms with Gasteiger partial charge in [0.05, 0.1) is 30.2 Å². The Morgan fingerprint density at radius 3 is 2.00 bits per heavy atom. The first-order valence-electron chi connectivity index (χ1n) is 7.80. The van der Waals surface area contributed by atoms with Crippen LogP contribution in [0.2, 0.25) is 0 Å². The van der Waals surface area contributed by atoms with Gasteiger partial charge in [-0.15, -0.1) is 0 Å². The molecule has 3 fully saturated rings. The van der Waals surface area contributed by atoms with Gasteiger partial charge in [0, 0.05) is 9.65 Å². The number of fused-ring (bicyclic) bond motifs is 5. The molecule has 7 heteroatoms. The number of hydrogen-bond acceptors (Lipinski definition) is 4. The molecule has 1 aromatic rings. The summed E-state index contributed by atoms with van der Waals surface area (Å²) in [6, 6.07) is 6.40. The molecule has 2 aliphatic carbocycles. The van der Waals surface area contributed by atoms with Crippen molar-refractivity contribution in [3.63, 3.8) is 0 Å². The van der Waals surface area contributed by atoms with Crippen molar-refractivity contribution in [2.75, 3.05) is 12.0 Å². The molecule has 3 aliphatic rings. The molecule has 1 saturated heterocycles. The van der Waals surface area contributed by atoms with Crippen LogP contribution in [0.4, 0.5) is 5.69 Å². The first-order chi connectivity index (χ1) is 11.5. The lowest BCUT2D eigenvalue weighted by Crippen LogP contribution is -2.37. The molecule has 6 atom stereocenters. The van der Waals surface area contributed by atoms with Crippen molar-refractivity contribution in [2.45, 2.75) is 16.1 Å². The summed E-state index contributed by atoms with van der Waals surface area (Å²) in [5.41, 5.74) is 0.908. The monoisotopic (exact) mass is 455 g/mol. The van der Waals surface area contributed by atoms with E-state index in [1.54, 1.807) is 24.3 Å². The van der Waals surface area contributed by atoms with Crippen LogP contribution in [-0.4, -0.2) is 34.5 Å². The number of carbonyl (C=O) groups is 3. The van der Waals surface area contributed by atoms with Crippen molar-refractivity contribution in [2.24, 2.45) is 23.7 Å². The van der Waals surface area contributed by atoms with Crippen LogP contribution in [0.3, 0.4) is 0 Å². The van der Waals surface area contributed by atoms with Crippen molar-refractivity contribution in [1.82, 2.24) is 0 Å². The van der Waals surface area contributed by atoms with Gasteiger partial charge in [-0.2, -0.15) is 0 Å². The van der Waals surface area contributed by atoms with Crippen LogP contribution in [0.25, 0.3) is 0 Å². The molecule has 5 nitrogen and oxygen atoms in total. The molecule has 1 aliphatic heterocycles. The normalized spacial score (nSPS) is 37.0. The van der Waals surface area contributed by atoms with E-state index in [1.807, 2.05) is 0 Å². The molecule has 1 aromatic carbocycles. The Labute approximate surface area is 156 Å². The van der Waals surface area contributed by atoms with Crippen molar-refractivity contribution in [3.05, 3.63) is 29.8 Å². The molecule has 0 radical (unpaired) electrons. The third-order valence-corrected chi connectivity index (χ3v) is 8.74. The van der Waals surface area contributed by atoms with Gasteiger partial charge in [-0.25, -0.2) is 4.79 Å². The highest BCUT2D eigenvalue weighted by atomic mass is 79.9. The molecule has 126 valence electrons. The summed E-state index contributed by atoms with van der Waals surface area (Å²) in [5.74, 6) is -0.763. The second-order valence-electron chi connectivity index (χ2n) is 6.55. The number of hydrogen-bond donors (Lipinski definition) is 0. The van der Waals surface area contributed by atoms with Gasteiger partial charge in [-0.05, 0) is 42.5 Å². The van der Waals surface area contributed by atoms with E-state index in [4.69, 9.17) is 0 Å².